The van der Waals surface area contributed by atoms with Crippen LogP contribution in [0.15, 0.2) is 0 Å². The van der Waals surface area contributed by atoms with E-state index in [4.69, 9.17) is 4.74 Å². The van der Waals surface area contributed by atoms with Crippen molar-refractivity contribution in [1.29, 1.82) is 0 Å². The van der Waals surface area contributed by atoms with Crippen molar-refractivity contribution < 1.29 is 14.3 Å². The van der Waals surface area contributed by atoms with Gasteiger partial charge < -0.3 is 4.74 Å². The molecule has 0 saturated heterocycles. The van der Waals surface area contributed by atoms with Crippen LogP contribution in [0.2, 0.25) is 0 Å². The Hall–Kier alpha value is -0.860. The van der Waals surface area contributed by atoms with Crippen LogP contribution in [-0.2, 0) is 14.3 Å². The predicted molar refractivity (Wildman–Crippen MR) is 62.2 cm³/mol. The first-order chi connectivity index (χ1) is 8.07. The summed E-state index contributed by atoms with van der Waals surface area (Å²) in [5, 5.41) is 0. The summed E-state index contributed by atoms with van der Waals surface area (Å²) in [7, 11) is 1.45. The van der Waals surface area contributed by atoms with Gasteiger partial charge in [-0.05, 0) is 37.0 Å². The lowest BCUT2D eigenvalue weighted by Crippen LogP contribution is -2.68. The van der Waals surface area contributed by atoms with Gasteiger partial charge in [0.1, 0.15) is 5.78 Å². The van der Waals surface area contributed by atoms with Gasteiger partial charge in [0, 0.05) is 12.3 Å². The number of Topliss-reactive ketones (excluding diaryl/α,β-unsaturated/α-hetero) is 1. The van der Waals surface area contributed by atoms with Crippen LogP contribution in [0.25, 0.3) is 0 Å². The van der Waals surface area contributed by atoms with Crippen molar-refractivity contribution in [2.45, 2.75) is 45.4 Å². The Labute approximate surface area is 102 Å². The number of rotatable bonds is 1. The predicted octanol–water partition coefficient (Wildman–Crippen LogP) is 2.33. The van der Waals surface area contributed by atoms with Gasteiger partial charge in [-0.2, -0.15) is 0 Å². The molecule has 3 aliphatic carbocycles. The van der Waals surface area contributed by atoms with Crippen LogP contribution in [0, 0.1) is 22.7 Å². The minimum absolute atomic E-state index is 0.0521. The summed E-state index contributed by atoms with van der Waals surface area (Å²) < 4.78 is 5.01. The average Bonchev–Trinajstić information content (AvgIpc) is 2.69. The SMILES string of the molecule is COC(=O)[C@@]12CCC[C@@H]1[C@@]1(C)CCCC(=O)[C@H]12. The van der Waals surface area contributed by atoms with Crippen LogP contribution in [0.1, 0.15) is 45.4 Å². The van der Waals surface area contributed by atoms with E-state index in [1.165, 1.54) is 7.11 Å². The molecule has 0 aliphatic heterocycles. The van der Waals surface area contributed by atoms with Crippen LogP contribution in [0.3, 0.4) is 0 Å². The van der Waals surface area contributed by atoms with Crippen LogP contribution < -0.4 is 0 Å². The third-order valence-corrected chi connectivity index (χ3v) is 5.70. The highest BCUT2D eigenvalue weighted by Crippen LogP contribution is 2.74. The van der Waals surface area contributed by atoms with Crippen molar-refractivity contribution in [3.8, 4) is 0 Å². The van der Waals surface area contributed by atoms with Gasteiger partial charge in [-0.15, -0.1) is 0 Å². The standard InChI is InChI=1S/C14H20O3/c1-13-7-3-5-9(15)11(13)14(12(16)17-2)8-4-6-10(13)14/h10-11H,3-8H2,1-2H3/t10-,11-,13-,14+/m1/s1. The van der Waals surface area contributed by atoms with Crippen molar-refractivity contribution in [1.82, 2.24) is 0 Å². The van der Waals surface area contributed by atoms with E-state index in [-0.39, 0.29) is 17.3 Å². The maximum Gasteiger partial charge on any atom is 0.312 e. The van der Waals surface area contributed by atoms with Crippen LogP contribution in [0.4, 0.5) is 0 Å². The summed E-state index contributed by atoms with van der Waals surface area (Å²) in [6.07, 6.45) is 5.78. The highest BCUT2D eigenvalue weighted by atomic mass is 16.5. The first kappa shape index (κ1) is 11.2. The average molecular weight is 236 g/mol. The molecular formula is C14H20O3. The minimum Gasteiger partial charge on any atom is -0.469 e. The summed E-state index contributed by atoms with van der Waals surface area (Å²) in [5.41, 5.74) is -0.360. The quantitative estimate of drug-likeness (QED) is 0.656. The van der Waals surface area contributed by atoms with Gasteiger partial charge >= 0.3 is 5.97 Å². The lowest BCUT2D eigenvalue weighted by Gasteiger charge is -2.64. The van der Waals surface area contributed by atoms with Crippen molar-refractivity contribution in [2.75, 3.05) is 7.11 Å². The molecule has 0 unspecified atom stereocenters. The summed E-state index contributed by atoms with van der Waals surface area (Å²) in [5.74, 6) is 0.514. The fraction of sp³-hybridized carbons (Fsp3) is 0.857. The lowest BCUT2D eigenvalue weighted by atomic mass is 9.37. The number of hydrogen-bond donors (Lipinski definition) is 0. The normalized spacial score (nSPS) is 48.0. The molecule has 0 heterocycles. The van der Waals surface area contributed by atoms with Gasteiger partial charge in [-0.25, -0.2) is 0 Å². The van der Waals surface area contributed by atoms with E-state index in [1.54, 1.807) is 0 Å². The van der Waals surface area contributed by atoms with Gasteiger partial charge in [0.05, 0.1) is 12.5 Å². The van der Waals surface area contributed by atoms with Crippen LogP contribution >= 0.6 is 0 Å². The third kappa shape index (κ3) is 1.08. The Morgan fingerprint density at radius 3 is 2.82 bits per heavy atom. The zero-order valence-electron chi connectivity index (χ0n) is 10.6. The highest BCUT2D eigenvalue weighted by molar-refractivity contribution is 5.93. The molecule has 94 valence electrons. The van der Waals surface area contributed by atoms with Crippen molar-refractivity contribution >= 4 is 11.8 Å². The second-order valence-corrected chi connectivity index (χ2v) is 6.24. The van der Waals surface area contributed by atoms with Crippen molar-refractivity contribution in [3.63, 3.8) is 0 Å². The van der Waals surface area contributed by atoms with Gasteiger partial charge in [0.25, 0.3) is 0 Å². The number of carbonyl (C=O) groups excluding carboxylic acids is 2. The monoisotopic (exact) mass is 236 g/mol. The Balaban J connectivity index is 2.04. The molecular weight excluding hydrogens is 216 g/mol. The molecule has 0 aromatic carbocycles. The highest BCUT2D eigenvalue weighted by Gasteiger charge is 2.75. The second kappa shape index (κ2) is 3.33. The Morgan fingerprint density at radius 1 is 1.35 bits per heavy atom. The molecule has 17 heavy (non-hydrogen) atoms. The summed E-state index contributed by atoms with van der Waals surface area (Å²) in [6, 6.07) is 0. The summed E-state index contributed by atoms with van der Waals surface area (Å²) in [6.45, 7) is 2.21. The van der Waals surface area contributed by atoms with Crippen LogP contribution in [-0.4, -0.2) is 18.9 Å². The van der Waals surface area contributed by atoms with E-state index < -0.39 is 5.41 Å². The zero-order valence-corrected chi connectivity index (χ0v) is 10.6. The van der Waals surface area contributed by atoms with E-state index in [0.717, 1.165) is 32.1 Å². The third-order valence-electron chi connectivity index (χ3n) is 5.70. The summed E-state index contributed by atoms with van der Waals surface area (Å²) in [4.78, 5) is 24.4. The molecule has 3 aliphatic rings. The van der Waals surface area contributed by atoms with Crippen LogP contribution in [0.5, 0.6) is 0 Å². The fourth-order valence-corrected chi connectivity index (χ4v) is 5.30. The molecule has 0 radical (unpaired) electrons. The number of hydrogen-bond acceptors (Lipinski definition) is 3. The number of carbonyl (C=O) groups is 2. The second-order valence-electron chi connectivity index (χ2n) is 6.24. The van der Waals surface area contributed by atoms with E-state index in [9.17, 15) is 9.59 Å². The summed E-state index contributed by atoms with van der Waals surface area (Å²) >= 11 is 0. The van der Waals surface area contributed by atoms with Gasteiger partial charge in [0.2, 0.25) is 0 Å². The molecule has 0 amide bonds. The molecule has 3 rings (SSSR count). The molecule has 0 aromatic heterocycles. The van der Waals surface area contributed by atoms with E-state index in [1.807, 2.05) is 0 Å². The Bertz CT molecular complexity index is 389. The largest absolute Gasteiger partial charge is 0.469 e. The molecule has 0 bridgehead atoms. The number of methoxy groups -OCH3 is 1. The molecule has 3 heteroatoms. The lowest BCUT2D eigenvalue weighted by molar-refractivity contribution is -0.215. The molecule has 0 spiro atoms. The van der Waals surface area contributed by atoms with Gasteiger partial charge in [-0.1, -0.05) is 13.3 Å². The number of fused-ring (bicyclic) bond motifs is 4. The van der Waals surface area contributed by atoms with Gasteiger partial charge in [-0.3, -0.25) is 9.59 Å². The number of ether oxygens (including phenoxy) is 1. The minimum atomic E-state index is -0.443. The molecule has 0 aromatic rings. The smallest absolute Gasteiger partial charge is 0.312 e. The molecule has 3 saturated carbocycles. The van der Waals surface area contributed by atoms with Crippen molar-refractivity contribution in [2.24, 2.45) is 22.7 Å². The first-order valence-corrected chi connectivity index (χ1v) is 6.68. The van der Waals surface area contributed by atoms with Crippen molar-refractivity contribution in [3.05, 3.63) is 0 Å². The first-order valence-electron chi connectivity index (χ1n) is 6.68. The maximum atomic E-state index is 12.2. The fourth-order valence-electron chi connectivity index (χ4n) is 5.30. The van der Waals surface area contributed by atoms with E-state index in [0.29, 0.717) is 18.1 Å². The van der Waals surface area contributed by atoms with E-state index >= 15 is 0 Å². The Morgan fingerprint density at radius 2 is 2.12 bits per heavy atom. The molecule has 0 N–H and O–H groups in total. The van der Waals surface area contributed by atoms with E-state index in [2.05, 4.69) is 6.92 Å². The van der Waals surface area contributed by atoms with Gasteiger partial charge in [0.15, 0.2) is 0 Å². The molecule has 4 atom stereocenters. The Kier molecular flexibility index (Phi) is 2.20. The number of esters is 1. The molecule has 3 nitrogen and oxygen atoms in total. The topological polar surface area (TPSA) is 43.4 Å². The number of ketones is 1. The maximum absolute atomic E-state index is 12.2. The zero-order chi connectivity index (χ0) is 12.3. The molecule has 3 fully saturated rings.